The Morgan fingerprint density at radius 3 is 2.28 bits per heavy atom. The molecule has 100 valence electrons. The van der Waals surface area contributed by atoms with Gasteiger partial charge in [-0.25, -0.2) is 8.42 Å². The van der Waals surface area contributed by atoms with E-state index in [0.717, 1.165) is 17.4 Å². The van der Waals surface area contributed by atoms with E-state index in [0.29, 0.717) is 6.42 Å². The van der Waals surface area contributed by atoms with Crippen molar-refractivity contribution >= 4 is 15.8 Å². The summed E-state index contributed by atoms with van der Waals surface area (Å²) < 4.78 is 22.1. The highest BCUT2D eigenvalue weighted by Crippen LogP contribution is 2.14. The third kappa shape index (κ3) is 5.31. The van der Waals surface area contributed by atoms with Gasteiger partial charge in [-0.3, -0.25) is 4.79 Å². The predicted molar refractivity (Wildman–Crippen MR) is 70.3 cm³/mol. The van der Waals surface area contributed by atoms with Crippen molar-refractivity contribution in [2.24, 2.45) is 5.92 Å². The van der Waals surface area contributed by atoms with Gasteiger partial charge >= 0.3 is 5.97 Å². The van der Waals surface area contributed by atoms with Crippen LogP contribution in [0.3, 0.4) is 0 Å². The van der Waals surface area contributed by atoms with E-state index in [2.05, 4.69) is 0 Å². The second kappa shape index (κ2) is 6.00. The lowest BCUT2D eigenvalue weighted by Gasteiger charge is -2.11. The van der Waals surface area contributed by atoms with E-state index in [1.165, 1.54) is 0 Å². The molecule has 1 unspecified atom stereocenters. The van der Waals surface area contributed by atoms with E-state index in [4.69, 9.17) is 5.11 Å². The van der Waals surface area contributed by atoms with E-state index in [-0.39, 0.29) is 12.2 Å². The molecule has 5 heteroatoms. The van der Waals surface area contributed by atoms with Crippen LogP contribution in [0.2, 0.25) is 0 Å². The van der Waals surface area contributed by atoms with Crippen LogP contribution < -0.4 is 0 Å². The standard InChI is InChI=1S/C13H18O4S/c1-10-3-5-11(6-4-10)9-12(13(14)15)7-8-18(2,16)17/h3-6,12H,7-9H2,1-2H3,(H,14,15). The van der Waals surface area contributed by atoms with Crippen LogP contribution in [0.15, 0.2) is 24.3 Å². The Balaban J connectivity index is 2.69. The van der Waals surface area contributed by atoms with Crippen LogP contribution in [0.4, 0.5) is 0 Å². The summed E-state index contributed by atoms with van der Waals surface area (Å²) in [5.74, 6) is -1.68. The maximum absolute atomic E-state index is 11.1. The Morgan fingerprint density at radius 1 is 1.28 bits per heavy atom. The van der Waals surface area contributed by atoms with E-state index in [1.54, 1.807) is 0 Å². The number of hydrogen-bond donors (Lipinski definition) is 1. The molecule has 18 heavy (non-hydrogen) atoms. The van der Waals surface area contributed by atoms with Gasteiger partial charge in [-0.2, -0.15) is 0 Å². The SMILES string of the molecule is Cc1ccc(CC(CCS(C)(=O)=O)C(=O)O)cc1. The smallest absolute Gasteiger partial charge is 0.306 e. The number of hydrogen-bond acceptors (Lipinski definition) is 3. The van der Waals surface area contributed by atoms with E-state index < -0.39 is 21.7 Å². The van der Waals surface area contributed by atoms with Gasteiger partial charge in [-0.1, -0.05) is 29.8 Å². The first kappa shape index (κ1) is 14.7. The van der Waals surface area contributed by atoms with Crippen molar-refractivity contribution in [2.45, 2.75) is 19.8 Å². The fourth-order valence-electron chi connectivity index (χ4n) is 1.68. The minimum absolute atomic E-state index is 0.0875. The molecule has 1 atom stereocenters. The van der Waals surface area contributed by atoms with Gasteiger partial charge in [-0.15, -0.1) is 0 Å². The lowest BCUT2D eigenvalue weighted by molar-refractivity contribution is -0.141. The molecule has 0 aliphatic rings. The number of aryl methyl sites for hydroxylation is 1. The summed E-state index contributed by atoms with van der Waals surface area (Å²) in [5.41, 5.74) is 2.03. The molecule has 0 aliphatic carbocycles. The van der Waals surface area contributed by atoms with Crippen molar-refractivity contribution in [1.29, 1.82) is 0 Å². The zero-order chi connectivity index (χ0) is 13.8. The Labute approximate surface area is 108 Å². The van der Waals surface area contributed by atoms with Gasteiger partial charge < -0.3 is 5.11 Å². The highest BCUT2D eigenvalue weighted by Gasteiger charge is 2.19. The molecular weight excluding hydrogens is 252 g/mol. The number of carbonyl (C=O) groups is 1. The molecule has 0 fully saturated rings. The fourth-order valence-corrected chi connectivity index (χ4v) is 2.39. The Kier molecular flexibility index (Phi) is 4.90. The molecule has 0 aliphatic heterocycles. The second-order valence-corrected chi connectivity index (χ2v) is 6.90. The molecule has 0 heterocycles. The molecule has 1 rings (SSSR count). The molecule has 1 aromatic carbocycles. The quantitative estimate of drug-likeness (QED) is 0.853. The monoisotopic (exact) mass is 270 g/mol. The lowest BCUT2D eigenvalue weighted by Crippen LogP contribution is -2.20. The number of carboxylic acids is 1. The van der Waals surface area contributed by atoms with Crippen molar-refractivity contribution in [1.82, 2.24) is 0 Å². The van der Waals surface area contributed by atoms with Crippen LogP contribution in [0, 0.1) is 12.8 Å². The molecular formula is C13H18O4S. The maximum Gasteiger partial charge on any atom is 0.306 e. The number of rotatable bonds is 6. The van der Waals surface area contributed by atoms with Gasteiger partial charge in [0.15, 0.2) is 0 Å². The summed E-state index contributed by atoms with van der Waals surface area (Å²) in [6, 6.07) is 7.60. The van der Waals surface area contributed by atoms with Gasteiger partial charge in [0.25, 0.3) is 0 Å². The van der Waals surface area contributed by atoms with Crippen molar-refractivity contribution in [3.63, 3.8) is 0 Å². The van der Waals surface area contributed by atoms with Gasteiger partial charge in [0.05, 0.1) is 11.7 Å². The lowest BCUT2D eigenvalue weighted by atomic mass is 9.96. The molecule has 0 saturated carbocycles. The van der Waals surface area contributed by atoms with Crippen molar-refractivity contribution in [3.05, 3.63) is 35.4 Å². The van der Waals surface area contributed by atoms with E-state index in [1.807, 2.05) is 31.2 Å². The highest BCUT2D eigenvalue weighted by atomic mass is 32.2. The molecule has 1 aromatic rings. The predicted octanol–water partition coefficient (Wildman–Crippen LogP) is 1.67. The second-order valence-electron chi connectivity index (χ2n) is 4.64. The summed E-state index contributed by atoms with van der Waals surface area (Å²) in [4.78, 5) is 11.1. The van der Waals surface area contributed by atoms with Gasteiger partial charge in [0.2, 0.25) is 0 Å². The molecule has 0 radical (unpaired) electrons. The van der Waals surface area contributed by atoms with Crippen LogP contribution in [-0.4, -0.2) is 31.5 Å². The Hall–Kier alpha value is -1.36. The third-order valence-electron chi connectivity index (χ3n) is 2.79. The maximum atomic E-state index is 11.1. The Bertz CT molecular complexity index is 502. The first-order valence-corrected chi connectivity index (χ1v) is 7.80. The minimum Gasteiger partial charge on any atom is -0.481 e. The summed E-state index contributed by atoms with van der Waals surface area (Å²) in [6.07, 6.45) is 1.64. The molecule has 0 bridgehead atoms. The first-order chi connectivity index (χ1) is 8.28. The van der Waals surface area contributed by atoms with Crippen molar-refractivity contribution < 1.29 is 18.3 Å². The average molecular weight is 270 g/mol. The molecule has 0 aromatic heterocycles. The van der Waals surface area contributed by atoms with Gasteiger partial charge in [0, 0.05) is 6.26 Å². The molecule has 4 nitrogen and oxygen atoms in total. The van der Waals surface area contributed by atoms with Crippen LogP contribution in [0.5, 0.6) is 0 Å². The first-order valence-electron chi connectivity index (χ1n) is 5.74. The van der Waals surface area contributed by atoms with Crippen molar-refractivity contribution in [3.8, 4) is 0 Å². The largest absolute Gasteiger partial charge is 0.481 e. The fraction of sp³-hybridized carbons (Fsp3) is 0.462. The van der Waals surface area contributed by atoms with E-state index in [9.17, 15) is 13.2 Å². The van der Waals surface area contributed by atoms with Crippen LogP contribution in [0.25, 0.3) is 0 Å². The highest BCUT2D eigenvalue weighted by molar-refractivity contribution is 7.90. The summed E-state index contributed by atoms with van der Waals surface area (Å²) in [6.45, 7) is 1.96. The van der Waals surface area contributed by atoms with Crippen LogP contribution in [0.1, 0.15) is 17.5 Å². The number of benzene rings is 1. The zero-order valence-electron chi connectivity index (χ0n) is 10.6. The summed E-state index contributed by atoms with van der Waals surface area (Å²) >= 11 is 0. The average Bonchev–Trinajstić information content (AvgIpc) is 2.25. The third-order valence-corrected chi connectivity index (χ3v) is 3.77. The number of aliphatic carboxylic acids is 1. The molecule has 0 spiro atoms. The Morgan fingerprint density at radius 2 is 1.83 bits per heavy atom. The minimum atomic E-state index is -3.12. The van der Waals surface area contributed by atoms with Crippen LogP contribution >= 0.6 is 0 Å². The van der Waals surface area contributed by atoms with Crippen LogP contribution in [-0.2, 0) is 21.1 Å². The molecule has 0 amide bonds. The topological polar surface area (TPSA) is 71.4 Å². The molecule has 1 N–H and O–H groups in total. The normalized spacial score (nSPS) is 13.2. The number of sulfone groups is 1. The molecule has 0 saturated heterocycles. The van der Waals surface area contributed by atoms with Gasteiger partial charge in [-0.05, 0) is 25.3 Å². The summed E-state index contributed by atoms with van der Waals surface area (Å²) in [5, 5.41) is 9.09. The van der Waals surface area contributed by atoms with E-state index >= 15 is 0 Å². The zero-order valence-corrected chi connectivity index (χ0v) is 11.4. The summed E-state index contributed by atoms with van der Waals surface area (Å²) in [7, 11) is -3.12. The number of carboxylic acid groups (broad SMARTS) is 1. The van der Waals surface area contributed by atoms with Gasteiger partial charge in [0.1, 0.15) is 9.84 Å². The van der Waals surface area contributed by atoms with Crippen molar-refractivity contribution in [2.75, 3.05) is 12.0 Å².